The van der Waals surface area contributed by atoms with Crippen LogP contribution < -0.4 is 5.32 Å². The molecule has 1 aromatic heterocycles. The number of hydrogen-bond donors (Lipinski definition) is 1. The van der Waals surface area contributed by atoms with Crippen LogP contribution in [0.1, 0.15) is 46.7 Å². The first kappa shape index (κ1) is 25.8. The van der Waals surface area contributed by atoms with Crippen LogP contribution in [0.4, 0.5) is 4.79 Å². The van der Waals surface area contributed by atoms with Gasteiger partial charge in [-0.05, 0) is 38.8 Å². The third-order valence-corrected chi connectivity index (χ3v) is 6.65. The van der Waals surface area contributed by atoms with Gasteiger partial charge in [-0.15, -0.1) is 11.3 Å². The van der Waals surface area contributed by atoms with Crippen molar-refractivity contribution >= 4 is 33.2 Å². The van der Waals surface area contributed by atoms with Gasteiger partial charge in [-0.25, -0.2) is 23.0 Å². The Hall–Kier alpha value is -2.46. The highest BCUT2D eigenvalue weighted by molar-refractivity contribution is 7.90. The number of carbonyl (C=O) groups excluding carboxylic acids is 2. The van der Waals surface area contributed by atoms with E-state index in [-0.39, 0.29) is 17.4 Å². The smallest absolute Gasteiger partial charge is 0.408 e. The highest BCUT2D eigenvalue weighted by Gasteiger charge is 2.29. The zero-order valence-electron chi connectivity index (χ0n) is 19.2. The fourth-order valence-corrected chi connectivity index (χ4v) is 4.13. The lowest BCUT2D eigenvalue weighted by Gasteiger charge is -2.25. The third-order valence-electron chi connectivity index (χ3n) is 4.58. The number of nitrogens with one attached hydrogen (secondary N) is 1. The maximum atomic E-state index is 12.7. The molecule has 0 aliphatic carbocycles. The molecule has 1 N–H and O–H groups in total. The fraction of sp³-hybridized carbons (Fsp3) is 0.500. The number of rotatable bonds is 8. The Labute approximate surface area is 193 Å². The second-order valence-electron chi connectivity index (χ2n) is 8.56. The molecule has 10 heteroatoms. The van der Waals surface area contributed by atoms with E-state index in [4.69, 9.17) is 9.47 Å². The van der Waals surface area contributed by atoms with Gasteiger partial charge in [-0.1, -0.05) is 32.4 Å². The molecule has 0 aliphatic rings. The van der Waals surface area contributed by atoms with Crippen molar-refractivity contribution in [1.29, 1.82) is 0 Å². The van der Waals surface area contributed by atoms with Crippen LogP contribution >= 0.6 is 11.3 Å². The van der Waals surface area contributed by atoms with Crippen molar-refractivity contribution in [3.8, 4) is 10.6 Å². The van der Waals surface area contributed by atoms with Crippen molar-refractivity contribution in [1.82, 2.24) is 10.3 Å². The Morgan fingerprint density at radius 1 is 1.19 bits per heavy atom. The Morgan fingerprint density at radius 2 is 1.81 bits per heavy atom. The number of ether oxygens (including phenoxy) is 2. The van der Waals surface area contributed by atoms with Gasteiger partial charge in [0.2, 0.25) is 0 Å². The van der Waals surface area contributed by atoms with Gasteiger partial charge < -0.3 is 14.8 Å². The van der Waals surface area contributed by atoms with Crippen molar-refractivity contribution in [2.45, 2.75) is 64.2 Å². The normalized spacial score (nSPS) is 13.8. The van der Waals surface area contributed by atoms with Crippen LogP contribution in [0.3, 0.4) is 0 Å². The van der Waals surface area contributed by atoms with Crippen LogP contribution in [-0.4, -0.2) is 43.4 Å². The summed E-state index contributed by atoms with van der Waals surface area (Å²) in [6, 6.07) is 5.61. The van der Waals surface area contributed by atoms with Crippen LogP contribution in [0, 0.1) is 5.92 Å². The van der Waals surface area contributed by atoms with Gasteiger partial charge in [-0.2, -0.15) is 0 Å². The van der Waals surface area contributed by atoms with E-state index in [1.165, 1.54) is 23.5 Å². The van der Waals surface area contributed by atoms with E-state index in [9.17, 15) is 18.0 Å². The number of thiazole rings is 1. The van der Waals surface area contributed by atoms with E-state index in [0.29, 0.717) is 17.1 Å². The Morgan fingerprint density at radius 3 is 2.34 bits per heavy atom. The molecule has 1 heterocycles. The van der Waals surface area contributed by atoms with Crippen molar-refractivity contribution in [2.75, 3.05) is 6.26 Å². The van der Waals surface area contributed by atoms with Gasteiger partial charge in [0.05, 0.1) is 10.6 Å². The molecule has 1 amide bonds. The summed E-state index contributed by atoms with van der Waals surface area (Å²) in [6.45, 7) is 8.97. The molecule has 2 aromatic rings. The number of benzene rings is 1. The lowest BCUT2D eigenvalue weighted by molar-refractivity contribution is -0.149. The van der Waals surface area contributed by atoms with Crippen LogP contribution in [0.25, 0.3) is 10.6 Å². The maximum Gasteiger partial charge on any atom is 0.408 e. The van der Waals surface area contributed by atoms with Gasteiger partial charge in [0.15, 0.2) is 9.84 Å². The zero-order chi connectivity index (χ0) is 24.1. The molecule has 0 fully saturated rings. The number of carbonyl (C=O) groups is 2. The topological polar surface area (TPSA) is 112 Å². The molecular formula is C22H30N2O6S2. The van der Waals surface area contributed by atoms with Crippen molar-refractivity contribution < 1.29 is 27.5 Å². The number of amides is 1. The molecule has 0 radical (unpaired) electrons. The van der Waals surface area contributed by atoms with E-state index < -0.39 is 33.5 Å². The zero-order valence-corrected chi connectivity index (χ0v) is 20.8. The number of hydrogen-bond acceptors (Lipinski definition) is 8. The standard InChI is InChI=1S/C22H30N2O6S2/c1-7-14(2)18(24-21(26)30-22(3,4)5)20(25)29-12-16-13-31-19(23-16)15-8-10-17(11-9-15)32(6,27)28/h8-11,13-14,18H,7,12H2,1-6H3,(H,24,26). The van der Waals surface area contributed by atoms with Gasteiger partial charge in [0, 0.05) is 17.2 Å². The van der Waals surface area contributed by atoms with Crippen LogP contribution in [0.15, 0.2) is 34.5 Å². The first-order valence-electron chi connectivity index (χ1n) is 10.2. The Balaban J connectivity index is 2.03. The second-order valence-corrected chi connectivity index (χ2v) is 11.4. The Kier molecular flexibility index (Phi) is 8.41. The van der Waals surface area contributed by atoms with Crippen LogP contribution in [0.5, 0.6) is 0 Å². The number of alkyl carbamates (subject to hydrolysis) is 1. The van der Waals surface area contributed by atoms with Gasteiger partial charge in [-0.3, -0.25) is 0 Å². The molecule has 1 aromatic carbocycles. The molecule has 0 aliphatic heterocycles. The summed E-state index contributed by atoms with van der Waals surface area (Å²) in [5.41, 5.74) is 0.652. The van der Waals surface area contributed by atoms with Gasteiger partial charge in [0.1, 0.15) is 23.3 Å². The Bertz CT molecular complexity index is 1040. The molecule has 32 heavy (non-hydrogen) atoms. The van der Waals surface area contributed by atoms with E-state index in [0.717, 1.165) is 11.8 Å². The summed E-state index contributed by atoms with van der Waals surface area (Å²) in [4.78, 5) is 29.5. The molecule has 0 spiro atoms. The SMILES string of the molecule is CCC(C)C(NC(=O)OC(C)(C)C)C(=O)OCc1csc(-c2ccc(S(C)(=O)=O)cc2)n1. The number of nitrogens with zero attached hydrogens (tertiary/aromatic N) is 1. The second kappa shape index (κ2) is 10.4. The van der Waals surface area contributed by atoms with Crippen molar-refractivity contribution in [3.63, 3.8) is 0 Å². The van der Waals surface area contributed by atoms with E-state index >= 15 is 0 Å². The summed E-state index contributed by atoms with van der Waals surface area (Å²) in [5, 5.41) is 5.06. The minimum absolute atomic E-state index is 0.0420. The third kappa shape index (κ3) is 7.59. The van der Waals surface area contributed by atoms with Gasteiger partial charge in [0.25, 0.3) is 0 Å². The maximum absolute atomic E-state index is 12.7. The molecular weight excluding hydrogens is 452 g/mol. The van der Waals surface area contributed by atoms with E-state index in [2.05, 4.69) is 10.3 Å². The monoisotopic (exact) mass is 482 g/mol. The summed E-state index contributed by atoms with van der Waals surface area (Å²) >= 11 is 1.36. The first-order valence-corrected chi connectivity index (χ1v) is 13.0. The lowest BCUT2D eigenvalue weighted by Crippen LogP contribution is -2.47. The molecule has 8 nitrogen and oxygen atoms in total. The lowest BCUT2D eigenvalue weighted by atomic mass is 9.99. The first-order chi connectivity index (χ1) is 14.8. The van der Waals surface area contributed by atoms with Crippen LogP contribution in [0.2, 0.25) is 0 Å². The molecule has 2 atom stereocenters. The van der Waals surface area contributed by atoms with E-state index in [1.54, 1.807) is 38.3 Å². The number of aromatic nitrogens is 1. The number of sulfone groups is 1. The largest absolute Gasteiger partial charge is 0.458 e. The molecule has 0 saturated heterocycles. The van der Waals surface area contributed by atoms with Gasteiger partial charge >= 0.3 is 12.1 Å². The quantitative estimate of drug-likeness (QED) is 0.561. The summed E-state index contributed by atoms with van der Waals surface area (Å²) in [6.07, 6.45) is 1.15. The summed E-state index contributed by atoms with van der Waals surface area (Å²) < 4.78 is 33.9. The van der Waals surface area contributed by atoms with Crippen molar-refractivity contribution in [3.05, 3.63) is 35.3 Å². The molecule has 0 bridgehead atoms. The average Bonchev–Trinajstić information content (AvgIpc) is 3.17. The van der Waals surface area contributed by atoms with E-state index in [1.807, 2.05) is 13.8 Å². The fourth-order valence-electron chi connectivity index (χ4n) is 2.69. The number of esters is 1. The molecule has 176 valence electrons. The highest BCUT2D eigenvalue weighted by atomic mass is 32.2. The average molecular weight is 483 g/mol. The minimum atomic E-state index is -3.26. The molecule has 2 unspecified atom stereocenters. The van der Waals surface area contributed by atoms with Crippen molar-refractivity contribution in [2.24, 2.45) is 5.92 Å². The summed E-state index contributed by atoms with van der Waals surface area (Å²) in [7, 11) is -3.26. The predicted octanol–water partition coefficient (Wildman–Crippen LogP) is 4.20. The summed E-state index contributed by atoms with van der Waals surface area (Å²) in [5.74, 6) is -0.702. The minimum Gasteiger partial charge on any atom is -0.458 e. The predicted molar refractivity (Wildman–Crippen MR) is 123 cm³/mol. The van der Waals surface area contributed by atoms with Crippen LogP contribution in [-0.2, 0) is 30.7 Å². The highest BCUT2D eigenvalue weighted by Crippen LogP contribution is 2.25. The molecule has 0 saturated carbocycles. The molecule has 2 rings (SSSR count).